The smallest absolute Gasteiger partial charge is 0.250 e. The minimum Gasteiger partial charge on any atom is -0.366 e. The van der Waals surface area contributed by atoms with E-state index in [1.54, 1.807) is 24.3 Å². The number of carbonyl (C=O) groups is 3. The van der Waals surface area contributed by atoms with E-state index in [2.05, 4.69) is 10.6 Å². The third-order valence-corrected chi connectivity index (χ3v) is 6.34. The summed E-state index contributed by atoms with van der Waals surface area (Å²) in [5.41, 5.74) is 7.60. The van der Waals surface area contributed by atoms with Crippen LogP contribution in [0, 0.1) is 5.92 Å². The Labute approximate surface area is 190 Å². The number of rotatable bonds is 8. The number of para-hydroxylation sites is 1. The van der Waals surface area contributed by atoms with Gasteiger partial charge in [0.2, 0.25) is 11.8 Å². The zero-order valence-electron chi connectivity index (χ0n) is 17.3. The number of hydrogen-bond donors (Lipinski definition) is 3. The van der Waals surface area contributed by atoms with Crippen molar-refractivity contribution in [1.29, 1.82) is 0 Å². The molecule has 7 heteroatoms. The second-order valence-electron chi connectivity index (χ2n) is 7.60. The van der Waals surface area contributed by atoms with Crippen molar-refractivity contribution in [3.8, 4) is 0 Å². The first-order valence-corrected chi connectivity index (χ1v) is 11.2. The van der Waals surface area contributed by atoms with Crippen LogP contribution in [0.25, 0.3) is 0 Å². The van der Waals surface area contributed by atoms with E-state index in [0.717, 1.165) is 23.3 Å². The standard InChI is InChI=1S/C25H23N3O3S/c26-23(29)20-11-4-5-12-21(20)28-25(31)22(16-7-2-1-3-8-16)32-19-10-6-9-18(15-19)27-24(30)17-13-14-17/h1-12,15,17,22H,13-14H2,(H2,26,29)(H,27,30)(H,28,31). The highest BCUT2D eigenvalue weighted by molar-refractivity contribution is 8.00. The Balaban J connectivity index is 1.57. The maximum atomic E-state index is 13.3. The van der Waals surface area contributed by atoms with Crippen molar-refractivity contribution >= 4 is 40.9 Å². The molecule has 3 aromatic carbocycles. The molecule has 1 saturated carbocycles. The Morgan fingerprint density at radius 2 is 1.59 bits per heavy atom. The van der Waals surface area contributed by atoms with E-state index < -0.39 is 11.2 Å². The van der Waals surface area contributed by atoms with Crippen LogP contribution in [0.5, 0.6) is 0 Å². The molecule has 3 amide bonds. The lowest BCUT2D eigenvalue weighted by Crippen LogP contribution is -2.22. The first kappa shape index (κ1) is 21.6. The van der Waals surface area contributed by atoms with Crippen LogP contribution in [-0.4, -0.2) is 17.7 Å². The van der Waals surface area contributed by atoms with Crippen LogP contribution in [0.3, 0.4) is 0 Å². The summed E-state index contributed by atoms with van der Waals surface area (Å²) in [6.45, 7) is 0. The van der Waals surface area contributed by atoms with Gasteiger partial charge in [-0.05, 0) is 48.7 Å². The van der Waals surface area contributed by atoms with Crippen molar-refractivity contribution < 1.29 is 14.4 Å². The highest BCUT2D eigenvalue weighted by Gasteiger charge is 2.29. The van der Waals surface area contributed by atoms with Crippen molar-refractivity contribution in [3.63, 3.8) is 0 Å². The van der Waals surface area contributed by atoms with Crippen LogP contribution in [-0.2, 0) is 9.59 Å². The van der Waals surface area contributed by atoms with Crippen LogP contribution in [0.2, 0.25) is 0 Å². The molecule has 1 aliphatic rings. The second kappa shape index (κ2) is 9.70. The minimum absolute atomic E-state index is 0.0348. The fourth-order valence-corrected chi connectivity index (χ4v) is 4.36. The fourth-order valence-electron chi connectivity index (χ4n) is 3.28. The lowest BCUT2D eigenvalue weighted by molar-refractivity contribution is -0.117. The summed E-state index contributed by atoms with van der Waals surface area (Å²) in [6, 6.07) is 23.5. The number of amides is 3. The summed E-state index contributed by atoms with van der Waals surface area (Å²) in [5, 5.41) is 5.22. The minimum atomic E-state index is -0.607. The first-order chi connectivity index (χ1) is 15.5. The van der Waals surface area contributed by atoms with Gasteiger partial charge in [-0.3, -0.25) is 14.4 Å². The molecule has 3 aromatic rings. The van der Waals surface area contributed by atoms with Crippen LogP contribution in [0.4, 0.5) is 11.4 Å². The Morgan fingerprint density at radius 1 is 0.875 bits per heavy atom. The topological polar surface area (TPSA) is 101 Å². The third kappa shape index (κ3) is 5.36. The number of hydrogen-bond acceptors (Lipinski definition) is 4. The summed E-state index contributed by atoms with van der Waals surface area (Å²) in [6.07, 6.45) is 1.87. The largest absolute Gasteiger partial charge is 0.366 e. The summed E-state index contributed by atoms with van der Waals surface area (Å²) >= 11 is 1.37. The molecule has 0 saturated heterocycles. The van der Waals surface area contributed by atoms with Gasteiger partial charge >= 0.3 is 0 Å². The highest BCUT2D eigenvalue weighted by atomic mass is 32.2. The van der Waals surface area contributed by atoms with Gasteiger partial charge in [0.25, 0.3) is 5.91 Å². The van der Waals surface area contributed by atoms with Crippen molar-refractivity contribution in [2.75, 3.05) is 10.6 Å². The highest BCUT2D eigenvalue weighted by Crippen LogP contribution is 2.38. The van der Waals surface area contributed by atoms with Gasteiger partial charge in [0, 0.05) is 16.5 Å². The van der Waals surface area contributed by atoms with Gasteiger partial charge in [0.05, 0.1) is 11.3 Å². The lowest BCUT2D eigenvalue weighted by Gasteiger charge is -2.18. The zero-order chi connectivity index (χ0) is 22.5. The predicted molar refractivity (Wildman–Crippen MR) is 126 cm³/mol. The van der Waals surface area contributed by atoms with Gasteiger partial charge in [0.15, 0.2) is 0 Å². The van der Waals surface area contributed by atoms with E-state index in [1.165, 1.54) is 11.8 Å². The van der Waals surface area contributed by atoms with Crippen molar-refractivity contribution in [1.82, 2.24) is 0 Å². The summed E-state index contributed by atoms with van der Waals surface area (Å²) in [7, 11) is 0. The van der Waals surface area contributed by atoms with Gasteiger partial charge in [-0.1, -0.05) is 48.5 Å². The molecule has 1 fully saturated rings. The average molecular weight is 446 g/mol. The lowest BCUT2D eigenvalue weighted by atomic mass is 10.1. The van der Waals surface area contributed by atoms with Gasteiger partial charge in [0.1, 0.15) is 5.25 Å². The summed E-state index contributed by atoms with van der Waals surface area (Å²) in [5.74, 6) is -0.738. The Bertz CT molecular complexity index is 1150. The first-order valence-electron chi connectivity index (χ1n) is 10.3. The van der Waals surface area contributed by atoms with E-state index in [1.807, 2.05) is 54.6 Å². The summed E-state index contributed by atoms with van der Waals surface area (Å²) in [4.78, 5) is 38.0. The van der Waals surface area contributed by atoms with Crippen LogP contribution >= 0.6 is 11.8 Å². The molecule has 0 heterocycles. The van der Waals surface area contributed by atoms with Crippen LogP contribution < -0.4 is 16.4 Å². The number of anilines is 2. The van der Waals surface area contributed by atoms with E-state index in [4.69, 9.17) is 5.73 Å². The Kier molecular flexibility index (Phi) is 6.56. The molecule has 4 N–H and O–H groups in total. The fraction of sp³-hybridized carbons (Fsp3) is 0.160. The summed E-state index contributed by atoms with van der Waals surface area (Å²) < 4.78 is 0. The number of nitrogens with two attached hydrogens (primary N) is 1. The molecule has 1 unspecified atom stereocenters. The Morgan fingerprint density at radius 3 is 2.31 bits per heavy atom. The second-order valence-corrected chi connectivity index (χ2v) is 8.78. The average Bonchev–Trinajstić information content (AvgIpc) is 3.64. The molecule has 4 rings (SSSR count). The number of benzene rings is 3. The molecule has 1 atom stereocenters. The molecule has 0 aliphatic heterocycles. The number of nitrogens with one attached hydrogen (secondary N) is 2. The number of carbonyl (C=O) groups excluding carboxylic acids is 3. The number of primary amides is 1. The van der Waals surface area contributed by atoms with E-state index in [0.29, 0.717) is 11.4 Å². The molecular formula is C25H23N3O3S. The van der Waals surface area contributed by atoms with Crippen LogP contribution in [0.1, 0.15) is 34.0 Å². The normalized spacial score (nSPS) is 13.8. The molecule has 0 spiro atoms. The maximum absolute atomic E-state index is 13.3. The zero-order valence-corrected chi connectivity index (χ0v) is 18.1. The van der Waals surface area contributed by atoms with Gasteiger partial charge in [-0.2, -0.15) is 0 Å². The SMILES string of the molecule is NC(=O)c1ccccc1NC(=O)C(Sc1cccc(NC(=O)C2CC2)c1)c1ccccc1. The van der Waals surface area contributed by atoms with E-state index in [9.17, 15) is 14.4 Å². The molecule has 1 aliphatic carbocycles. The number of thioether (sulfide) groups is 1. The quantitative estimate of drug-likeness (QED) is 0.441. The van der Waals surface area contributed by atoms with Gasteiger partial charge in [-0.15, -0.1) is 11.8 Å². The van der Waals surface area contributed by atoms with Gasteiger partial charge < -0.3 is 16.4 Å². The van der Waals surface area contributed by atoms with Crippen molar-refractivity contribution in [2.45, 2.75) is 23.0 Å². The predicted octanol–water partition coefficient (Wildman–Crippen LogP) is 4.61. The van der Waals surface area contributed by atoms with Crippen molar-refractivity contribution in [3.05, 3.63) is 90.0 Å². The molecular weight excluding hydrogens is 422 g/mol. The van der Waals surface area contributed by atoms with Crippen molar-refractivity contribution in [2.24, 2.45) is 11.7 Å². The Hall–Kier alpha value is -3.58. The van der Waals surface area contributed by atoms with Gasteiger partial charge in [-0.25, -0.2) is 0 Å². The van der Waals surface area contributed by atoms with Crippen LogP contribution in [0.15, 0.2) is 83.8 Å². The molecule has 0 bridgehead atoms. The van der Waals surface area contributed by atoms with E-state index in [-0.39, 0.29) is 23.3 Å². The third-order valence-electron chi connectivity index (χ3n) is 5.09. The molecule has 162 valence electrons. The molecule has 0 aromatic heterocycles. The molecule has 0 radical (unpaired) electrons. The monoisotopic (exact) mass is 445 g/mol. The van der Waals surface area contributed by atoms with E-state index >= 15 is 0 Å². The molecule has 32 heavy (non-hydrogen) atoms. The molecule has 6 nitrogen and oxygen atoms in total. The maximum Gasteiger partial charge on any atom is 0.250 e.